The van der Waals surface area contributed by atoms with Crippen LogP contribution in [-0.2, 0) is 14.1 Å². The van der Waals surface area contributed by atoms with Crippen molar-refractivity contribution in [3.8, 4) is 22.8 Å². The van der Waals surface area contributed by atoms with Crippen LogP contribution in [0.4, 0.5) is 10.1 Å². The number of amides is 1. The minimum absolute atomic E-state index is 0.0611. The first-order valence-electron chi connectivity index (χ1n) is 9.30. The summed E-state index contributed by atoms with van der Waals surface area (Å²) < 4.78 is 23.2. The molecule has 0 spiro atoms. The Labute approximate surface area is 176 Å². The van der Waals surface area contributed by atoms with Crippen molar-refractivity contribution >= 4 is 11.6 Å². The normalized spacial score (nSPS) is 10.7. The number of nitrogens with zero attached hydrogens (tertiary/aromatic N) is 4. The molecule has 3 heterocycles. The number of anilines is 1. The first-order chi connectivity index (χ1) is 14.9. The summed E-state index contributed by atoms with van der Waals surface area (Å²) in [6.45, 7) is 0. The summed E-state index contributed by atoms with van der Waals surface area (Å²) in [6, 6.07) is 10.4. The molecule has 0 bridgehead atoms. The molecule has 1 amide bonds. The number of carbonyl (C=O) groups is 1. The molecule has 4 rings (SSSR count). The predicted molar refractivity (Wildman–Crippen MR) is 113 cm³/mol. The monoisotopic (exact) mass is 419 g/mol. The Balaban J connectivity index is 1.51. The number of rotatable bonds is 5. The number of carbonyl (C=O) groups excluding carboxylic acids is 1. The summed E-state index contributed by atoms with van der Waals surface area (Å²) in [5, 5.41) is 6.53. The van der Waals surface area contributed by atoms with Gasteiger partial charge in [-0.1, -0.05) is 0 Å². The van der Waals surface area contributed by atoms with E-state index in [2.05, 4.69) is 15.4 Å². The van der Waals surface area contributed by atoms with Crippen LogP contribution in [0.2, 0.25) is 0 Å². The molecule has 0 unspecified atom stereocenters. The van der Waals surface area contributed by atoms with E-state index in [9.17, 15) is 14.0 Å². The number of aromatic nitrogens is 4. The number of hydrogen-bond acceptors (Lipinski definition) is 5. The van der Waals surface area contributed by atoms with E-state index in [1.165, 1.54) is 36.0 Å². The van der Waals surface area contributed by atoms with E-state index in [-0.39, 0.29) is 17.0 Å². The van der Waals surface area contributed by atoms with Crippen molar-refractivity contribution in [3.63, 3.8) is 0 Å². The van der Waals surface area contributed by atoms with E-state index < -0.39 is 17.3 Å². The molecule has 0 saturated carbocycles. The molecule has 1 aromatic carbocycles. The van der Waals surface area contributed by atoms with E-state index in [0.29, 0.717) is 11.4 Å². The third-order valence-corrected chi connectivity index (χ3v) is 4.52. The Bertz CT molecular complexity index is 1330. The van der Waals surface area contributed by atoms with E-state index in [1.54, 1.807) is 35.3 Å². The minimum atomic E-state index is -0.694. The number of halogens is 1. The molecule has 9 heteroatoms. The second-order valence-corrected chi connectivity index (χ2v) is 6.82. The van der Waals surface area contributed by atoms with Crippen molar-refractivity contribution < 1.29 is 13.9 Å². The summed E-state index contributed by atoms with van der Waals surface area (Å²) in [5.74, 6) is -0.670. The minimum Gasteiger partial charge on any atom is -0.457 e. The largest absolute Gasteiger partial charge is 0.457 e. The molecule has 0 aliphatic rings. The van der Waals surface area contributed by atoms with Crippen LogP contribution in [-0.4, -0.2) is 25.2 Å². The highest BCUT2D eigenvalue weighted by Gasteiger charge is 2.14. The predicted octanol–water partition coefficient (Wildman–Crippen LogP) is 3.36. The van der Waals surface area contributed by atoms with E-state index in [4.69, 9.17) is 4.74 Å². The van der Waals surface area contributed by atoms with Crippen molar-refractivity contribution in [2.24, 2.45) is 14.1 Å². The summed E-state index contributed by atoms with van der Waals surface area (Å²) in [5.41, 5.74) is 0.879. The van der Waals surface area contributed by atoms with Crippen LogP contribution in [0.5, 0.6) is 11.5 Å². The first kappa shape index (κ1) is 20.0. The van der Waals surface area contributed by atoms with Crippen LogP contribution >= 0.6 is 0 Å². The molecule has 0 aliphatic carbocycles. The first-order valence-corrected chi connectivity index (χ1v) is 9.30. The fraction of sp³-hybridized carbons (Fsp3) is 0.0909. The zero-order chi connectivity index (χ0) is 22.0. The number of pyridine rings is 2. The SMILES string of the molecule is Cn1cc(-c2cc(Oc3ccc(NC(=O)c4cccn(C)c4=O)c(F)c3)ccn2)cn1. The van der Waals surface area contributed by atoms with Gasteiger partial charge in [-0.25, -0.2) is 4.39 Å². The van der Waals surface area contributed by atoms with Gasteiger partial charge in [-0.05, 0) is 30.3 Å². The highest BCUT2D eigenvalue weighted by molar-refractivity contribution is 6.04. The van der Waals surface area contributed by atoms with Gasteiger partial charge >= 0.3 is 0 Å². The van der Waals surface area contributed by atoms with Crippen molar-refractivity contribution in [2.75, 3.05) is 5.32 Å². The second kappa shape index (κ2) is 8.23. The van der Waals surface area contributed by atoms with Crippen molar-refractivity contribution in [1.82, 2.24) is 19.3 Å². The molecule has 1 N–H and O–H groups in total. The van der Waals surface area contributed by atoms with Crippen LogP contribution in [0.1, 0.15) is 10.4 Å². The van der Waals surface area contributed by atoms with E-state index in [0.717, 1.165) is 11.6 Å². The smallest absolute Gasteiger partial charge is 0.263 e. The maximum absolute atomic E-state index is 14.6. The Morgan fingerprint density at radius 2 is 1.94 bits per heavy atom. The zero-order valence-corrected chi connectivity index (χ0v) is 16.7. The van der Waals surface area contributed by atoms with Gasteiger partial charge in [0, 0.05) is 50.4 Å². The molecule has 0 radical (unpaired) electrons. The molecule has 0 saturated heterocycles. The Hall–Kier alpha value is -4.27. The molecular weight excluding hydrogens is 401 g/mol. The summed E-state index contributed by atoms with van der Waals surface area (Å²) in [6.07, 6.45) is 6.63. The van der Waals surface area contributed by atoms with Gasteiger partial charge in [0.05, 0.1) is 17.6 Å². The summed E-state index contributed by atoms with van der Waals surface area (Å²) in [7, 11) is 3.34. The van der Waals surface area contributed by atoms with E-state index in [1.807, 2.05) is 13.2 Å². The topological polar surface area (TPSA) is 91.0 Å². The molecule has 8 nitrogen and oxygen atoms in total. The molecule has 0 atom stereocenters. The summed E-state index contributed by atoms with van der Waals surface area (Å²) in [4.78, 5) is 28.7. The van der Waals surface area contributed by atoms with Crippen LogP contribution in [0.25, 0.3) is 11.3 Å². The molecule has 3 aromatic heterocycles. The molecule has 156 valence electrons. The Morgan fingerprint density at radius 1 is 1.13 bits per heavy atom. The third-order valence-electron chi connectivity index (χ3n) is 4.52. The summed E-state index contributed by atoms with van der Waals surface area (Å²) >= 11 is 0. The van der Waals surface area contributed by atoms with E-state index >= 15 is 0 Å². The van der Waals surface area contributed by atoms with Gasteiger partial charge in [-0.3, -0.25) is 19.3 Å². The van der Waals surface area contributed by atoms with Crippen LogP contribution in [0.3, 0.4) is 0 Å². The maximum atomic E-state index is 14.6. The molecule has 31 heavy (non-hydrogen) atoms. The van der Waals surface area contributed by atoms with Gasteiger partial charge in [0.2, 0.25) is 0 Å². The van der Waals surface area contributed by atoms with Gasteiger partial charge in [0.1, 0.15) is 22.9 Å². The van der Waals surface area contributed by atoms with Gasteiger partial charge < -0.3 is 14.6 Å². The molecular formula is C22H18FN5O3. The number of nitrogens with one attached hydrogen (secondary N) is 1. The molecule has 0 fully saturated rings. The Morgan fingerprint density at radius 3 is 2.68 bits per heavy atom. The molecule has 4 aromatic rings. The highest BCUT2D eigenvalue weighted by Crippen LogP contribution is 2.28. The zero-order valence-electron chi connectivity index (χ0n) is 16.7. The van der Waals surface area contributed by atoms with Crippen molar-refractivity contribution in [2.45, 2.75) is 0 Å². The van der Waals surface area contributed by atoms with Crippen molar-refractivity contribution in [3.05, 3.63) is 89.0 Å². The third kappa shape index (κ3) is 4.35. The lowest BCUT2D eigenvalue weighted by atomic mass is 10.2. The van der Waals surface area contributed by atoms with Gasteiger partial charge in [0.25, 0.3) is 11.5 Å². The number of benzene rings is 1. The lowest BCUT2D eigenvalue weighted by Gasteiger charge is -2.10. The van der Waals surface area contributed by atoms with Gasteiger partial charge in [0.15, 0.2) is 0 Å². The van der Waals surface area contributed by atoms with Gasteiger partial charge in [-0.2, -0.15) is 5.10 Å². The quantitative estimate of drug-likeness (QED) is 0.536. The second-order valence-electron chi connectivity index (χ2n) is 6.82. The van der Waals surface area contributed by atoms with Crippen molar-refractivity contribution in [1.29, 1.82) is 0 Å². The highest BCUT2D eigenvalue weighted by atomic mass is 19.1. The standard InChI is InChI=1S/C22H18FN5O3/c1-27-9-3-4-17(22(27)30)21(29)26-19-6-5-15(10-18(19)23)31-16-7-8-24-20(11-16)14-12-25-28(2)13-14/h3-13H,1-2H3,(H,26,29). The maximum Gasteiger partial charge on any atom is 0.263 e. The lowest BCUT2D eigenvalue weighted by molar-refractivity contribution is 0.102. The number of hydrogen-bond donors (Lipinski definition) is 1. The Kier molecular flexibility index (Phi) is 5.31. The lowest BCUT2D eigenvalue weighted by Crippen LogP contribution is -2.27. The fourth-order valence-electron chi connectivity index (χ4n) is 2.94. The molecule has 0 aliphatic heterocycles. The number of ether oxygens (including phenoxy) is 1. The van der Waals surface area contributed by atoms with Crippen LogP contribution in [0, 0.1) is 5.82 Å². The fourth-order valence-corrected chi connectivity index (χ4v) is 2.94. The van der Waals surface area contributed by atoms with Crippen LogP contribution < -0.4 is 15.6 Å². The average Bonchev–Trinajstić information content (AvgIpc) is 3.18. The van der Waals surface area contributed by atoms with Crippen LogP contribution in [0.15, 0.2) is 72.0 Å². The average molecular weight is 419 g/mol. The number of aryl methyl sites for hydroxylation is 2. The van der Waals surface area contributed by atoms with Gasteiger partial charge in [-0.15, -0.1) is 0 Å².